The molecule has 0 aromatic heterocycles. The van der Waals surface area contributed by atoms with Gasteiger partial charge in [0.15, 0.2) is 20.6 Å². The first-order valence-corrected chi connectivity index (χ1v) is 11.7. The molecule has 2 unspecified atom stereocenters. The van der Waals surface area contributed by atoms with Gasteiger partial charge < -0.3 is 5.32 Å². The third-order valence-electron chi connectivity index (χ3n) is 3.40. The first-order valence-electron chi connectivity index (χ1n) is 7.71. The molecule has 29 heavy (non-hydrogen) atoms. The van der Waals surface area contributed by atoms with Crippen LogP contribution in [0, 0.1) is 11.3 Å². The number of hydrazine groups is 1. The van der Waals surface area contributed by atoms with Gasteiger partial charge in [-0.3, -0.25) is 25.0 Å². The summed E-state index contributed by atoms with van der Waals surface area (Å²) >= 11 is 4.94. The fourth-order valence-electron chi connectivity index (χ4n) is 2.08. The number of amides is 2. The highest BCUT2D eigenvalue weighted by Gasteiger charge is 2.36. The summed E-state index contributed by atoms with van der Waals surface area (Å²) in [6.07, 6.45) is 0.826. The summed E-state index contributed by atoms with van der Waals surface area (Å²) in [5.41, 5.74) is 2.16. The van der Waals surface area contributed by atoms with Crippen LogP contribution in [0.15, 0.2) is 30.3 Å². The minimum Gasteiger partial charge on any atom is -0.332 e. The summed E-state index contributed by atoms with van der Waals surface area (Å²) in [6, 6.07) is 8.77. The lowest BCUT2D eigenvalue weighted by molar-refractivity contribution is -0.121. The Hall–Kier alpha value is -2.60. The van der Waals surface area contributed by atoms with Crippen LogP contribution in [-0.2, 0) is 29.5 Å². The van der Waals surface area contributed by atoms with Gasteiger partial charge in [-0.1, -0.05) is 42.5 Å². The number of carbonyl (C=O) groups excluding carboxylic acids is 2. The van der Waals surface area contributed by atoms with E-state index in [1.165, 1.54) is 24.3 Å². The molecule has 0 aliphatic rings. The molecule has 2 atom stereocenters. The largest absolute Gasteiger partial charge is 0.332 e. The van der Waals surface area contributed by atoms with Gasteiger partial charge in [0.2, 0.25) is 5.91 Å². The Balaban J connectivity index is 2.93. The molecule has 0 saturated heterocycles. The Morgan fingerprint density at radius 2 is 1.76 bits per heavy atom. The molecule has 1 aromatic carbocycles. The van der Waals surface area contributed by atoms with Crippen molar-refractivity contribution in [1.82, 2.24) is 16.2 Å². The predicted octanol–water partition coefficient (Wildman–Crippen LogP) is -0.993. The van der Waals surface area contributed by atoms with E-state index in [1.54, 1.807) is 12.1 Å². The van der Waals surface area contributed by atoms with Gasteiger partial charge in [0.1, 0.15) is 10.7 Å². The van der Waals surface area contributed by atoms with E-state index < -0.39 is 53.3 Å². The number of rotatable bonds is 7. The first kappa shape index (κ1) is 24.4. The van der Waals surface area contributed by atoms with Crippen LogP contribution in [0.3, 0.4) is 0 Å². The van der Waals surface area contributed by atoms with Crippen LogP contribution >= 0.6 is 12.2 Å². The summed E-state index contributed by atoms with van der Waals surface area (Å²) < 4.78 is 55.0. The fraction of sp³-hybridized carbons (Fsp3) is 0.333. The number of nitriles is 1. The van der Waals surface area contributed by atoms with Gasteiger partial charge in [-0.15, -0.1) is 0 Å². The second-order valence-electron chi connectivity index (χ2n) is 6.10. The average Bonchev–Trinajstić information content (AvgIpc) is 2.57. The van der Waals surface area contributed by atoms with Gasteiger partial charge in [-0.25, -0.2) is 8.42 Å². The Labute approximate surface area is 173 Å². The number of nitrogens with one attached hydrogen (secondary N) is 3. The average molecular weight is 463 g/mol. The molecule has 0 saturated carbocycles. The van der Waals surface area contributed by atoms with Crippen LogP contribution in [0.4, 0.5) is 0 Å². The molecule has 1 aromatic rings. The number of carbonyl (C=O) groups is 2. The summed E-state index contributed by atoms with van der Waals surface area (Å²) in [5.74, 6) is -3.10. The summed E-state index contributed by atoms with van der Waals surface area (Å²) in [6.45, 7) is 1.14. The van der Waals surface area contributed by atoms with Gasteiger partial charge in [0, 0.05) is 6.26 Å². The molecule has 2 amide bonds. The molecule has 0 aliphatic carbocycles. The van der Waals surface area contributed by atoms with Gasteiger partial charge in [-0.2, -0.15) is 13.7 Å². The van der Waals surface area contributed by atoms with Crippen molar-refractivity contribution in [2.45, 2.75) is 17.7 Å². The lowest BCUT2D eigenvalue weighted by atomic mass is 10.1. The van der Waals surface area contributed by atoms with Gasteiger partial charge in [0.25, 0.3) is 16.0 Å². The molecular weight excluding hydrogens is 444 g/mol. The zero-order chi connectivity index (χ0) is 22.5. The lowest BCUT2D eigenvalue weighted by Crippen LogP contribution is -2.59. The smallest absolute Gasteiger partial charge is 0.281 e. The van der Waals surface area contributed by atoms with Crippen molar-refractivity contribution in [3.8, 4) is 6.07 Å². The maximum absolute atomic E-state index is 12.3. The van der Waals surface area contributed by atoms with Crippen molar-refractivity contribution in [2.24, 2.45) is 0 Å². The number of sulfone groups is 1. The molecule has 0 bridgehead atoms. The van der Waals surface area contributed by atoms with E-state index in [4.69, 9.17) is 12.2 Å². The highest BCUT2D eigenvalue weighted by atomic mass is 32.2. The van der Waals surface area contributed by atoms with Gasteiger partial charge >= 0.3 is 0 Å². The minimum absolute atomic E-state index is 0.0234. The van der Waals surface area contributed by atoms with Crippen molar-refractivity contribution in [3.63, 3.8) is 0 Å². The van der Waals surface area contributed by atoms with Crippen LogP contribution in [0.25, 0.3) is 0 Å². The van der Waals surface area contributed by atoms with E-state index in [-0.39, 0.29) is 5.56 Å². The second-order valence-corrected chi connectivity index (χ2v) is 10.2. The van der Waals surface area contributed by atoms with E-state index in [0.717, 1.165) is 13.2 Å². The van der Waals surface area contributed by atoms with Gasteiger partial charge in [-0.05, 0) is 12.5 Å². The van der Waals surface area contributed by atoms with E-state index in [2.05, 4.69) is 10.7 Å². The highest BCUT2D eigenvalue weighted by molar-refractivity contribution is 7.91. The van der Waals surface area contributed by atoms with E-state index in [9.17, 15) is 36.2 Å². The maximum Gasteiger partial charge on any atom is 0.281 e. The number of nitrogens with zero attached hydrogens (tertiary/aromatic N) is 1. The summed E-state index contributed by atoms with van der Waals surface area (Å²) in [7, 11) is -8.51. The van der Waals surface area contributed by atoms with Crippen molar-refractivity contribution in [3.05, 3.63) is 35.9 Å². The Morgan fingerprint density at radius 1 is 1.21 bits per heavy atom. The Morgan fingerprint density at radius 3 is 2.21 bits per heavy atom. The molecule has 0 fully saturated rings. The van der Waals surface area contributed by atoms with E-state index in [0.29, 0.717) is 0 Å². The first-order chi connectivity index (χ1) is 13.2. The SMILES string of the molecule is CC(C#N)(NC(=O)CS(C)(=O)=O)C(=S)NNC(=O)C(c1ccccc1)S(=O)(=O)O. The summed E-state index contributed by atoms with van der Waals surface area (Å²) in [4.78, 5) is 23.6. The van der Waals surface area contributed by atoms with Crippen LogP contribution in [0.1, 0.15) is 17.7 Å². The standard InChI is InChI=1S/C15H18N4O7S3/c1-15(9-16,17-11(20)8-28(2,22)23)14(27)19-18-13(21)12(29(24,25)26)10-6-4-3-5-7-10/h3-7,12H,8H2,1-2H3,(H,17,20)(H,18,21)(H,19,27)(H,24,25,26). The van der Waals surface area contributed by atoms with E-state index >= 15 is 0 Å². The zero-order valence-electron chi connectivity index (χ0n) is 15.2. The topological polar surface area (TPSA) is 183 Å². The van der Waals surface area contributed by atoms with Crippen LogP contribution < -0.4 is 16.2 Å². The van der Waals surface area contributed by atoms with Crippen molar-refractivity contribution >= 4 is 49.0 Å². The molecular formula is C15H18N4O7S3. The fourth-order valence-corrected chi connectivity index (χ4v) is 3.61. The van der Waals surface area contributed by atoms with Crippen molar-refractivity contribution < 1.29 is 31.0 Å². The molecule has 14 heteroatoms. The second kappa shape index (κ2) is 9.27. The molecule has 0 spiro atoms. The normalized spacial score (nSPS) is 14.6. The highest BCUT2D eigenvalue weighted by Crippen LogP contribution is 2.21. The van der Waals surface area contributed by atoms with Crippen molar-refractivity contribution in [1.29, 1.82) is 5.26 Å². The Bertz CT molecular complexity index is 1050. The molecule has 158 valence electrons. The van der Waals surface area contributed by atoms with Gasteiger partial charge in [0.05, 0.1) is 6.07 Å². The number of benzene rings is 1. The lowest BCUT2D eigenvalue weighted by Gasteiger charge is -2.25. The molecule has 4 N–H and O–H groups in total. The summed E-state index contributed by atoms with van der Waals surface area (Å²) in [5, 5.41) is 9.43. The van der Waals surface area contributed by atoms with Crippen LogP contribution in [0.2, 0.25) is 0 Å². The number of hydrogen-bond acceptors (Lipinski definition) is 8. The van der Waals surface area contributed by atoms with E-state index in [1.807, 2.05) is 5.43 Å². The maximum atomic E-state index is 12.3. The number of hydrogen-bond donors (Lipinski definition) is 4. The van der Waals surface area contributed by atoms with Crippen molar-refractivity contribution in [2.75, 3.05) is 12.0 Å². The third-order valence-corrected chi connectivity index (χ3v) is 5.78. The Kier molecular flexibility index (Phi) is 7.81. The molecule has 0 radical (unpaired) electrons. The minimum atomic E-state index is -4.84. The molecule has 1 rings (SSSR count). The monoisotopic (exact) mass is 462 g/mol. The molecule has 11 nitrogen and oxygen atoms in total. The quantitative estimate of drug-likeness (QED) is 0.223. The van der Waals surface area contributed by atoms with Crippen LogP contribution in [-0.4, -0.2) is 55.7 Å². The third kappa shape index (κ3) is 7.38. The predicted molar refractivity (Wildman–Crippen MR) is 106 cm³/mol. The molecule has 0 aliphatic heterocycles. The van der Waals surface area contributed by atoms with Crippen LogP contribution in [0.5, 0.6) is 0 Å². The molecule has 0 heterocycles. The zero-order valence-corrected chi connectivity index (χ0v) is 17.7. The number of thiocarbonyl (C=S) groups is 1.